The van der Waals surface area contributed by atoms with Crippen molar-refractivity contribution in [2.24, 2.45) is 0 Å². The Bertz CT molecular complexity index is 603. The van der Waals surface area contributed by atoms with Crippen molar-refractivity contribution in [3.63, 3.8) is 0 Å². The van der Waals surface area contributed by atoms with Gasteiger partial charge in [0, 0.05) is 13.1 Å². The van der Waals surface area contributed by atoms with Crippen molar-refractivity contribution in [2.45, 2.75) is 12.8 Å². The Balaban J connectivity index is 1.85. The van der Waals surface area contributed by atoms with Gasteiger partial charge in [0.05, 0.1) is 17.3 Å². The fourth-order valence-electron chi connectivity index (χ4n) is 2.09. The molecule has 1 aromatic carbocycles. The van der Waals surface area contributed by atoms with Crippen LogP contribution in [0.5, 0.6) is 0 Å². The molecule has 1 aliphatic rings. The Morgan fingerprint density at radius 2 is 1.86 bits per heavy atom. The van der Waals surface area contributed by atoms with Gasteiger partial charge in [-0.25, -0.2) is 4.39 Å². The van der Waals surface area contributed by atoms with Gasteiger partial charge in [0.2, 0.25) is 5.91 Å². The van der Waals surface area contributed by atoms with Gasteiger partial charge >= 0.3 is 11.8 Å². The Morgan fingerprint density at radius 3 is 2.55 bits per heavy atom. The third kappa shape index (κ3) is 4.17. The third-order valence-electron chi connectivity index (χ3n) is 3.24. The van der Waals surface area contributed by atoms with Crippen LogP contribution in [0.2, 0.25) is 5.02 Å². The molecule has 0 atom stereocenters. The molecule has 0 aromatic heterocycles. The van der Waals surface area contributed by atoms with Crippen molar-refractivity contribution in [1.82, 2.24) is 10.2 Å². The number of nitrogens with zero attached hydrogens (tertiary/aromatic N) is 1. The van der Waals surface area contributed by atoms with Gasteiger partial charge in [0.15, 0.2) is 0 Å². The van der Waals surface area contributed by atoms with Gasteiger partial charge in [0.25, 0.3) is 0 Å². The standard InChI is InChI=1S/C14H15ClFN3O3/c15-10-4-3-9(16)7-11(10)18-14(22)13(21)17-8-12(20)19-5-1-2-6-19/h3-4,7H,1-2,5-6,8H2,(H,17,21)(H,18,22). The number of benzene rings is 1. The Morgan fingerprint density at radius 1 is 1.18 bits per heavy atom. The summed E-state index contributed by atoms with van der Waals surface area (Å²) in [6.07, 6.45) is 1.89. The second-order valence-corrected chi connectivity index (χ2v) is 5.26. The number of rotatable bonds is 3. The molecule has 0 bridgehead atoms. The second kappa shape index (κ2) is 7.22. The number of amides is 3. The molecule has 0 saturated carbocycles. The molecule has 8 heteroatoms. The largest absolute Gasteiger partial charge is 0.341 e. The van der Waals surface area contributed by atoms with E-state index >= 15 is 0 Å². The molecule has 1 heterocycles. The average Bonchev–Trinajstić information content (AvgIpc) is 3.02. The predicted octanol–water partition coefficient (Wildman–Crippen LogP) is 1.16. The Kier molecular flexibility index (Phi) is 5.32. The average molecular weight is 328 g/mol. The first-order valence-corrected chi connectivity index (χ1v) is 7.17. The number of hydrogen-bond acceptors (Lipinski definition) is 3. The molecule has 3 amide bonds. The molecule has 118 valence electrons. The van der Waals surface area contributed by atoms with Gasteiger partial charge in [-0.2, -0.15) is 0 Å². The van der Waals surface area contributed by atoms with Gasteiger partial charge in [-0.05, 0) is 31.0 Å². The normalized spacial score (nSPS) is 13.8. The highest BCUT2D eigenvalue weighted by Crippen LogP contribution is 2.22. The van der Waals surface area contributed by atoms with E-state index in [1.807, 2.05) is 0 Å². The fourth-order valence-corrected chi connectivity index (χ4v) is 2.25. The molecule has 0 unspecified atom stereocenters. The smallest absolute Gasteiger partial charge is 0.313 e. The summed E-state index contributed by atoms with van der Waals surface area (Å²) in [5, 5.41) is 4.54. The molecule has 6 nitrogen and oxygen atoms in total. The lowest BCUT2D eigenvalue weighted by atomic mass is 10.3. The van der Waals surface area contributed by atoms with Crippen molar-refractivity contribution >= 4 is 35.0 Å². The quantitative estimate of drug-likeness (QED) is 0.818. The number of nitrogens with one attached hydrogen (secondary N) is 2. The molecule has 2 rings (SSSR count). The minimum Gasteiger partial charge on any atom is -0.341 e. The molecule has 22 heavy (non-hydrogen) atoms. The van der Waals surface area contributed by atoms with Crippen LogP contribution >= 0.6 is 11.6 Å². The Labute approximate surface area is 131 Å². The van der Waals surface area contributed by atoms with Crippen molar-refractivity contribution < 1.29 is 18.8 Å². The van der Waals surface area contributed by atoms with Gasteiger partial charge in [0.1, 0.15) is 5.82 Å². The van der Waals surface area contributed by atoms with Crippen molar-refractivity contribution in [3.8, 4) is 0 Å². The molecule has 1 aliphatic heterocycles. The highest BCUT2D eigenvalue weighted by molar-refractivity contribution is 6.41. The summed E-state index contributed by atoms with van der Waals surface area (Å²) in [4.78, 5) is 36.7. The van der Waals surface area contributed by atoms with E-state index in [9.17, 15) is 18.8 Å². The molecule has 2 N–H and O–H groups in total. The van der Waals surface area contributed by atoms with Crippen LogP contribution in [0.25, 0.3) is 0 Å². The second-order valence-electron chi connectivity index (χ2n) is 4.85. The van der Waals surface area contributed by atoms with Crippen LogP contribution in [-0.4, -0.2) is 42.3 Å². The van der Waals surface area contributed by atoms with Gasteiger partial charge < -0.3 is 15.5 Å². The molecule has 0 spiro atoms. The van der Waals surface area contributed by atoms with E-state index in [0.29, 0.717) is 13.1 Å². The number of carbonyl (C=O) groups excluding carboxylic acids is 3. The van der Waals surface area contributed by atoms with E-state index < -0.39 is 17.6 Å². The molecule has 1 fully saturated rings. The monoisotopic (exact) mass is 327 g/mol. The fraction of sp³-hybridized carbons (Fsp3) is 0.357. The summed E-state index contributed by atoms with van der Waals surface area (Å²) in [5.41, 5.74) is -0.00677. The summed E-state index contributed by atoms with van der Waals surface area (Å²) >= 11 is 5.78. The van der Waals surface area contributed by atoms with Crippen LogP contribution < -0.4 is 10.6 Å². The number of halogens is 2. The van der Waals surface area contributed by atoms with Crippen LogP contribution in [0.4, 0.5) is 10.1 Å². The third-order valence-corrected chi connectivity index (χ3v) is 3.57. The highest BCUT2D eigenvalue weighted by Gasteiger charge is 2.20. The zero-order valence-corrected chi connectivity index (χ0v) is 12.5. The summed E-state index contributed by atoms with van der Waals surface area (Å²) in [5.74, 6) is -2.82. The van der Waals surface area contributed by atoms with Crippen LogP contribution in [0.3, 0.4) is 0 Å². The lowest BCUT2D eigenvalue weighted by Gasteiger charge is -2.15. The zero-order valence-electron chi connectivity index (χ0n) is 11.7. The van der Waals surface area contributed by atoms with Crippen molar-refractivity contribution in [1.29, 1.82) is 0 Å². The molecule has 0 radical (unpaired) electrons. The summed E-state index contributed by atoms with van der Waals surface area (Å²) < 4.78 is 13.1. The first kappa shape index (κ1) is 16.2. The van der Waals surface area contributed by atoms with Crippen LogP contribution in [0.1, 0.15) is 12.8 Å². The van der Waals surface area contributed by atoms with Crippen molar-refractivity contribution in [3.05, 3.63) is 29.0 Å². The lowest BCUT2D eigenvalue weighted by molar-refractivity contribution is -0.138. The maximum Gasteiger partial charge on any atom is 0.313 e. The molecule has 0 aliphatic carbocycles. The van der Waals surface area contributed by atoms with E-state index in [4.69, 9.17) is 11.6 Å². The van der Waals surface area contributed by atoms with Crippen LogP contribution in [-0.2, 0) is 14.4 Å². The van der Waals surface area contributed by atoms with Crippen LogP contribution in [0.15, 0.2) is 18.2 Å². The minimum atomic E-state index is -1.01. The number of carbonyl (C=O) groups is 3. The van der Waals surface area contributed by atoms with Gasteiger partial charge in [-0.15, -0.1) is 0 Å². The van der Waals surface area contributed by atoms with E-state index in [2.05, 4.69) is 10.6 Å². The van der Waals surface area contributed by atoms with E-state index in [1.54, 1.807) is 4.90 Å². The topological polar surface area (TPSA) is 78.5 Å². The minimum absolute atomic E-state index is 0.00677. The SMILES string of the molecule is O=C(NCC(=O)N1CCCC1)C(=O)Nc1cc(F)ccc1Cl. The molecular weight excluding hydrogens is 313 g/mol. The summed E-state index contributed by atoms with van der Waals surface area (Å²) in [6.45, 7) is 1.09. The first-order chi connectivity index (χ1) is 10.5. The first-order valence-electron chi connectivity index (χ1n) is 6.79. The lowest BCUT2D eigenvalue weighted by Crippen LogP contribution is -2.42. The predicted molar refractivity (Wildman–Crippen MR) is 78.9 cm³/mol. The number of anilines is 1. The van der Waals surface area contributed by atoms with E-state index in [0.717, 1.165) is 25.0 Å². The molecule has 1 aromatic rings. The maximum atomic E-state index is 13.1. The molecular formula is C14H15ClFN3O3. The number of hydrogen-bond donors (Lipinski definition) is 2. The highest BCUT2D eigenvalue weighted by atomic mass is 35.5. The van der Waals surface area contributed by atoms with E-state index in [-0.39, 0.29) is 23.2 Å². The zero-order chi connectivity index (χ0) is 16.1. The van der Waals surface area contributed by atoms with Gasteiger partial charge in [-0.3, -0.25) is 14.4 Å². The van der Waals surface area contributed by atoms with Crippen LogP contribution in [0, 0.1) is 5.82 Å². The molecule has 1 saturated heterocycles. The van der Waals surface area contributed by atoms with Gasteiger partial charge in [-0.1, -0.05) is 11.6 Å². The maximum absolute atomic E-state index is 13.1. The Hall–Kier alpha value is -2.15. The van der Waals surface area contributed by atoms with E-state index in [1.165, 1.54) is 6.07 Å². The van der Waals surface area contributed by atoms with Crippen molar-refractivity contribution in [2.75, 3.05) is 25.0 Å². The summed E-state index contributed by atoms with van der Waals surface area (Å²) in [7, 11) is 0. The number of likely N-dealkylation sites (tertiary alicyclic amines) is 1. The summed E-state index contributed by atoms with van der Waals surface area (Å²) in [6, 6.07) is 3.40.